The fraction of sp³-hybridized carbons (Fsp3) is 0.417. The second-order valence-corrected chi connectivity index (χ2v) is 5.13. The number of aliphatic hydroxyl groups is 1. The van der Waals surface area contributed by atoms with Crippen LogP contribution in [0.25, 0.3) is 0 Å². The zero-order chi connectivity index (χ0) is 12.3. The van der Waals surface area contributed by atoms with Crippen molar-refractivity contribution in [2.24, 2.45) is 5.92 Å². The predicted molar refractivity (Wildman–Crippen MR) is 69.8 cm³/mol. The average molecular weight is 299 g/mol. The Morgan fingerprint density at radius 3 is 2.82 bits per heavy atom. The summed E-state index contributed by atoms with van der Waals surface area (Å²) in [6.07, 6.45) is 0. The third-order valence-corrected chi connectivity index (χ3v) is 3.50. The number of anilines is 1. The highest BCUT2D eigenvalue weighted by Crippen LogP contribution is 2.21. The number of nitrogens with zero attached hydrogens (tertiary/aromatic N) is 1. The van der Waals surface area contributed by atoms with Crippen molar-refractivity contribution in [3.05, 3.63) is 28.7 Å². The van der Waals surface area contributed by atoms with Gasteiger partial charge in [-0.15, -0.1) is 0 Å². The van der Waals surface area contributed by atoms with Gasteiger partial charge in [-0.3, -0.25) is 9.69 Å². The van der Waals surface area contributed by atoms with Gasteiger partial charge in [-0.1, -0.05) is 12.1 Å². The number of para-hydroxylation sites is 1. The fourth-order valence-electron chi connectivity index (χ4n) is 1.88. The minimum absolute atomic E-state index is 0.0201. The number of benzene rings is 1. The summed E-state index contributed by atoms with van der Waals surface area (Å²) in [6, 6.07) is 7.53. The molecular weight excluding hydrogens is 284 g/mol. The summed E-state index contributed by atoms with van der Waals surface area (Å²) in [7, 11) is 0. The Kier molecular flexibility index (Phi) is 4.15. The molecule has 0 saturated carbocycles. The number of amides is 1. The lowest BCUT2D eigenvalue weighted by Crippen LogP contribution is -2.51. The van der Waals surface area contributed by atoms with Crippen molar-refractivity contribution in [2.75, 3.05) is 31.6 Å². The molecule has 0 radical (unpaired) electrons. The van der Waals surface area contributed by atoms with Gasteiger partial charge in [0, 0.05) is 30.1 Å². The molecule has 0 atom stereocenters. The lowest BCUT2D eigenvalue weighted by molar-refractivity contribution is -0.119. The van der Waals surface area contributed by atoms with Crippen molar-refractivity contribution in [3.63, 3.8) is 0 Å². The van der Waals surface area contributed by atoms with Crippen LogP contribution in [0.5, 0.6) is 0 Å². The third-order valence-electron chi connectivity index (χ3n) is 2.81. The minimum atomic E-state index is -0.0201. The Morgan fingerprint density at radius 1 is 1.47 bits per heavy atom. The van der Waals surface area contributed by atoms with Gasteiger partial charge in [-0.2, -0.15) is 0 Å². The molecule has 92 valence electrons. The van der Waals surface area contributed by atoms with E-state index in [1.807, 2.05) is 29.2 Å². The summed E-state index contributed by atoms with van der Waals surface area (Å²) < 4.78 is 0.880. The van der Waals surface area contributed by atoms with E-state index in [4.69, 9.17) is 5.11 Å². The normalized spacial score (nSPS) is 16.6. The maximum Gasteiger partial charge on any atom is 0.238 e. The van der Waals surface area contributed by atoms with E-state index in [9.17, 15) is 4.79 Å². The van der Waals surface area contributed by atoms with Gasteiger partial charge in [-0.05, 0) is 28.1 Å². The van der Waals surface area contributed by atoms with Crippen LogP contribution in [0.4, 0.5) is 5.69 Å². The van der Waals surface area contributed by atoms with Gasteiger partial charge in [0.2, 0.25) is 5.91 Å². The van der Waals surface area contributed by atoms with E-state index in [1.54, 1.807) is 0 Å². The fourth-order valence-corrected chi connectivity index (χ4v) is 2.26. The number of likely N-dealkylation sites (tertiary alicyclic amines) is 1. The van der Waals surface area contributed by atoms with Crippen LogP contribution in [0.2, 0.25) is 0 Å². The van der Waals surface area contributed by atoms with E-state index in [0.29, 0.717) is 12.5 Å². The summed E-state index contributed by atoms with van der Waals surface area (Å²) in [5, 5.41) is 11.7. The number of rotatable bonds is 4. The van der Waals surface area contributed by atoms with Crippen molar-refractivity contribution >= 4 is 27.5 Å². The van der Waals surface area contributed by atoms with Gasteiger partial charge in [-0.25, -0.2) is 0 Å². The highest BCUT2D eigenvalue weighted by molar-refractivity contribution is 9.10. The summed E-state index contributed by atoms with van der Waals surface area (Å²) in [6.45, 7) is 2.21. The van der Waals surface area contributed by atoms with Crippen molar-refractivity contribution in [1.82, 2.24) is 4.90 Å². The summed E-state index contributed by atoms with van der Waals surface area (Å²) in [4.78, 5) is 13.7. The molecule has 4 nitrogen and oxygen atoms in total. The molecule has 1 aliphatic heterocycles. The van der Waals surface area contributed by atoms with Crippen LogP contribution in [0, 0.1) is 5.92 Å². The molecule has 2 rings (SSSR count). The second kappa shape index (κ2) is 5.62. The molecule has 0 aliphatic carbocycles. The highest BCUT2D eigenvalue weighted by Gasteiger charge is 2.27. The zero-order valence-corrected chi connectivity index (χ0v) is 11.0. The van der Waals surface area contributed by atoms with E-state index in [-0.39, 0.29) is 12.5 Å². The first-order chi connectivity index (χ1) is 8.19. The molecule has 0 unspecified atom stereocenters. The largest absolute Gasteiger partial charge is 0.396 e. The predicted octanol–water partition coefficient (Wildman–Crippen LogP) is 1.31. The Balaban J connectivity index is 1.80. The molecule has 0 spiro atoms. The lowest BCUT2D eigenvalue weighted by atomic mass is 10.0. The van der Waals surface area contributed by atoms with Gasteiger partial charge < -0.3 is 10.4 Å². The average Bonchev–Trinajstić information content (AvgIpc) is 2.26. The maximum atomic E-state index is 11.7. The van der Waals surface area contributed by atoms with Crippen LogP contribution in [0.3, 0.4) is 0 Å². The smallest absolute Gasteiger partial charge is 0.238 e. The quantitative estimate of drug-likeness (QED) is 0.881. The molecule has 17 heavy (non-hydrogen) atoms. The number of carbonyl (C=O) groups is 1. The van der Waals surface area contributed by atoms with E-state index in [1.165, 1.54) is 0 Å². The molecule has 1 saturated heterocycles. The SMILES string of the molecule is O=C(CN1CC(CO)C1)Nc1ccccc1Br. The van der Waals surface area contributed by atoms with Crippen LogP contribution in [-0.4, -0.2) is 42.2 Å². The Morgan fingerprint density at radius 2 is 2.18 bits per heavy atom. The standard InChI is InChI=1S/C12H15BrN2O2/c13-10-3-1-2-4-11(10)14-12(17)7-15-5-9(6-15)8-16/h1-4,9,16H,5-8H2,(H,14,17). The number of nitrogens with one attached hydrogen (secondary N) is 1. The van der Waals surface area contributed by atoms with Crippen LogP contribution in [-0.2, 0) is 4.79 Å². The summed E-state index contributed by atoms with van der Waals surface area (Å²) in [5.41, 5.74) is 0.789. The molecular formula is C12H15BrN2O2. The van der Waals surface area contributed by atoms with Crippen LogP contribution in [0.15, 0.2) is 28.7 Å². The summed E-state index contributed by atoms with van der Waals surface area (Å²) >= 11 is 3.38. The van der Waals surface area contributed by atoms with E-state index in [2.05, 4.69) is 21.2 Å². The van der Waals surface area contributed by atoms with Crippen molar-refractivity contribution in [1.29, 1.82) is 0 Å². The van der Waals surface area contributed by atoms with Crippen molar-refractivity contribution in [3.8, 4) is 0 Å². The molecule has 0 aromatic heterocycles. The van der Waals surface area contributed by atoms with E-state index >= 15 is 0 Å². The number of carbonyl (C=O) groups excluding carboxylic acids is 1. The molecule has 1 aliphatic rings. The molecule has 0 bridgehead atoms. The van der Waals surface area contributed by atoms with Gasteiger partial charge in [0.25, 0.3) is 0 Å². The Bertz CT molecular complexity index is 405. The molecule has 1 amide bonds. The Hall–Kier alpha value is -0.910. The van der Waals surface area contributed by atoms with Crippen LogP contribution in [0.1, 0.15) is 0 Å². The first-order valence-electron chi connectivity index (χ1n) is 5.56. The lowest BCUT2D eigenvalue weighted by Gasteiger charge is -2.37. The van der Waals surface area contributed by atoms with Gasteiger partial charge in [0.05, 0.1) is 12.2 Å². The van der Waals surface area contributed by atoms with Crippen LogP contribution >= 0.6 is 15.9 Å². The molecule has 5 heteroatoms. The van der Waals surface area contributed by atoms with E-state index < -0.39 is 0 Å². The van der Waals surface area contributed by atoms with Crippen molar-refractivity contribution in [2.45, 2.75) is 0 Å². The second-order valence-electron chi connectivity index (χ2n) is 4.27. The molecule has 1 heterocycles. The van der Waals surface area contributed by atoms with Gasteiger partial charge >= 0.3 is 0 Å². The molecule has 1 aromatic carbocycles. The molecule has 1 aromatic rings. The zero-order valence-electron chi connectivity index (χ0n) is 9.40. The third kappa shape index (κ3) is 3.28. The van der Waals surface area contributed by atoms with Crippen LogP contribution < -0.4 is 5.32 Å². The number of aliphatic hydroxyl groups excluding tert-OH is 1. The van der Waals surface area contributed by atoms with Crippen molar-refractivity contribution < 1.29 is 9.90 Å². The first kappa shape index (κ1) is 12.5. The minimum Gasteiger partial charge on any atom is -0.396 e. The topological polar surface area (TPSA) is 52.6 Å². The molecule has 2 N–H and O–H groups in total. The maximum absolute atomic E-state index is 11.7. The first-order valence-corrected chi connectivity index (χ1v) is 6.36. The monoisotopic (exact) mass is 298 g/mol. The van der Waals surface area contributed by atoms with Gasteiger partial charge in [0.1, 0.15) is 0 Å². The highest BCUT2D eigenvalue weighted by atomic mass is 79.9. The molecule has 1 fully saturated rings. The van der Waals surface area contributed by atoms with E-state index in [0.717, 1.165) is 23.2 Å². The number of hydrogen-bond acceptors (Lipinski definition) is 3. The number of halogens is 1. The van der Waals surface area contributed by atoms with Gasteiger partial charge in [0.15, 0.2) is 0 Å². The summed E-state index contributed by atoms with van der Waals surface area (Å²) in [5.74, 6) is 0.319. The number of hydrogen-bond donors (Lipinski definition) is 2. The Labute approximate surface area is 109 Å².